The number of hydrogen-bond donors (Lipinski definition) is 2. The summed E-state index contributed by atoms with van der Waals surface area (Å²) in [7, 11) is 0. The summed E-state index contributed by atoms with van der Waals surface area (Å²) < 4.78 is 0. The second kappa shape index (κ2) is 7.69. The molecule has 1 aliphatic carbocycles. The third kappa shape index (κ3) is 3.83. The van der Waals surface area contributed by atoms with E-state index in [-0.39, 0.29) is 11.8 Å². The number of hydrogen-bond acceptors (Lipinski definition) is 3. The maximum absolute atomic E-state index is 12.6. The van der Waals surface area contributed by atoms with Crippen molar-refractivity contribution in [3.8, 4) is 0 Å². The van der Waals surface area contributed by atoms with Gasteiger partial charge in [-0.2, -0.15) is 5.10 Å². The van der Waals surface area contributed by atoms with Crippen molar-refractivity contribution in [3.63, 3.8) is 0 Å². The first-order chi connectivity index (χ1) is 13.1. The number of carbonyl (C=O) groups excluding carboxylic acids is 1. The molecule has 27 heavy (non-hydrogen) atoms. The van der Waals surface area contributed by atoms with Crippen LogP contribution in [0.3, 0.4) is 0 Å². The van der Waals surface area contributed by atoms with Crippen LogP contribution in [0.2, 0.25) is 5.02 Å². The van der Waals surface area contributed by atoms with Gasteiger partial charge in [0.05, 0.1) is 11.7 Å². The van der Waals surface area contributed by atoms with Gasteiger partial charge in [-0.15, -0.1) is 0 Å². The van der Waals surface area contributed by atoms with Crippen molar-refractivity contribution in [3.05, 3.63) is 53.3 Å². The summed E-state index contributed by atoms with van der Waals surface area (Å²) in [5, 5.41) is 10.9. The number of carbonyl (C=O) groups is 1. The van der Waals surface area contributed by atoms with Crippen LogP contribution in [-0.4, -0.2) is 21.1 Å². The highest BCUT2D eigenvalue weighted by Crippen LogP contribution is 2.40. The monoisotopic (exact) mass is 382 g/mol. The second-order valence-corrected chi connectivity index (χ2v) is 7.86. The molecule has 140 valence electrons. The molecule has 1 aromatic carbocycles. The minimum absolute atomic E-state index is 0.00811. The number of nitrogens with one attached hydrogen (secondary N) is 2. The lowest BCUT2D eigenvalue weighted by molar-refractivity contribution is -0.121. The van der Waals surface area contributed by atoms with Crippen molar-refractivity contribution < 1.29 is 4.79 Å². The van der Waals surface area contributed by atoms with E-state index in [0.29, 0.717) is 16.9 Å². The first-order valence-electron chi connectivity index (χ1n) is 9.46. The van der Waals surface area contributed by atoms with Crippen LogP contribution in [0.1, 0.15) is 44.1 Å². The van der Waals surface area contributed by atoms with Crippen LogP contribution < -0.4 is 5.32 Å². The Morgan fingerprint density at radius 1 is 1.19 bits per heavy atom. The number of rotatable bonds is 4. The molecule has 2 aromatic heterocycles. The molecule has 0 unspecified atom stereocenters. The lowest BCUT2D eigenvalue weighted by Crippen LogP contribution is -2.29. The van der Waals surface area contributed by atoms with E-state index >= 15 is 0 Å². The molecule has 0 aliphatic heterocycles. The maximum atomic E-state index is 12.6. The van der Waals surface area contributed by atoms with E-state index in [1.165, 1.54) is 5.56 Å². The molecule has 1 atom stereocenters. The fourth-order valence-electron chi connectivity index (χ4n) is 4.15. The Balaban J connectivity index is 1.37. The van der Waals surface area contributed by atoms with Crippen LogP contribution in [0.25, 0.3) is 11.0 Å². The van der Waals surface area contributed by atoms with E-state index in [9.17, 15) is 4.79 Å². The summed E-state index contributed by atoms with van der Waals surface area (Å²) in [6.07, 6.45) is 7.91. The third-order valence-electron chi connectivity index (χ3n) is 5.82. The molecule has 6 heteroatoms. The Morgan fingerprint density at radius 2 is 1.93 bits per heavy atom. The molecular formula is C21H23ClN4O. The smallest absolute Gasteiger partial charge is 0.227 e. The Labute approximate surface area is 163 Å². The van der Waals surface area contributed by atoms with Gasteiger partial charge >= 0.3 is 0 Å². The topological polar surface area (TPSA) is 70.7 Å². The zero-order valence-electron chi connectivity index (χ0n) is 15.3. The largest absolute Gasteiger partial charge is 0.326 e. The van der Waals surface area contributed by atoms with Crippen LogP contribution in [0.5, 0.6) is 0 Å². The second-order valence-electron chi connectivity index (χ2n) is 7.43. The molecule has 1 amide bonds. The van der Waals surface area contributed by atoms with Crippen LogP contribution in [0, 0.1) is 11.8 Å². The van der Waals surface area contributed by atoms with E-state index in [4.69, 9.17) is 11.6 Å². The number of halogens is 1. The van der Waals surface area contributed by atoms with E-state index in [2.05, 4.69) is 26.6 Å². The average molecular weight is 383 g/mol. The number of anilines is 1. The van der Waals surface area contributed by atoms with E-state index in [0.717, 1.165) is 42.4 Å². The molecule has 0 spiro atoms. The van der Waals surface area contributed by atoms with Crippen molar-refractivity contribution >= 4 is 34.2 Å². The zero-order chi connectivity index (χ0) is 18.8. The van der Waals surface area contributed by atoms with Gasteiger partial charge in [0.25, 0.3) is 0 Å². The Bertz CT molecular complexity index is 929. The van der Waals surface area contributed by atoms with Gasteiger partial charge in [0.2, 0.25) is 5.91 Å². The molecule has 1 aliphatic rings. The van der Waals surface area contributed by atoms with Crippen LogP contribution in [0.15, 0.2) is 42.7 Å². The number of benzene rings is 1. The number of nitrogens with zero attached hydrogens (tertiary/aromatic N) is 2. The van der Waals surface area contributed by atoms with Crippen molar-refractivity contribution in [2.75, 3.05) is 5.32 Å². The molecule has 2 N–H and O–H groups in total. The molecule has 4 rings (SSSR count). The normalized spacial score (nSPS) is 21.1. The molecule has 0 radical (unpaired) electrons. The fourth-order valence-corrected chi connectivity index (χ4v) is 4.27. The van der Waals surface area contributed by atoms with Gasteiger partial charge in [-0.3, -0.25) is 14.9 Å². The van der Waals surface area contributed by atoms with Gasteiger partial charge in [-0.1, -0.05) is 18.5 Å². The van der Waals surface area contributed by atoms with Crippen molar-refractivity contribution in [1.82, 2.24) is 15.2 Å². The SMILES string of the molecule is C[C@@H](C(=O)Nc1ccc(Cl)cc1)[C@H]1CC[C@H](c2ccnc3cn[nH]c32)CC1. The summed E-state index contributed by atoms with van der Waals surface area (Å²) in [5.41, 5.74) is 4.07. The molecule has 1 saturated carbocycles. The van der Waals surface area contributed by atoms with Crippen molar-refractivity contribution in [2.45, 2.75) is 38.5 Å². The zero-order valence-corrected chi connectivity index (χ0v) is 16.0. The van der Waals surface area contributed by atoms with Crippen LogP contribution >= 0.6 is 11.6 Å². The van der Waals surface area contributed by atoms with E-state index < -0.39 is 0 Å². The van der Waals surface area contributed by atoms with Crippen LogP contribution in [0.4, 0.5) is 5.69 Å². The highest BCUT2D eigenvalue weighted by Gasteiger charge is 2.30. The molecule has 5 nitrogen and oxygen atoms in total. The van der Waals surface area contributed by atoms with Crippen molar-refractivity contribution in [1.29, 1.82) is 0 Å². The first-order valence-corrected chi connectivity index (χ1v) is 9.84. The molecule has 0 saturated heterocycles. The number of pyridine rings is 1. The minimum Gasteiger partial charge on any atom is -0.326 e. The highest BCUT2D eigenvalue weighted by molar-refractivity contribution is 6.30. The summed E-state index contributed by atoms with van der Waals surface area (Å²) in [6.45, 7) is 2.04. The van der Waals surface area contributed by atoms with E-state index in [1.807, 2.05) is 25.3 Å². The van der Waals surface area contributed by atoms with Crippen LogP contribution in [-0.2, 0) is 4.79 Å². The summed E-state index contributed by atoms with van der Waals surface area (Å²) >= 11 is 5.90. The number of aromatic nitrogens is 3. The predicted molar refractivity (Wildman–Crippen MR) is 108 cm³/mol. The number of fused-ring (bicyclic) bond motifs is 1. The minimum atomic E-state index is -0.00811. The fraction of sp³-hybridized carbons (Fsp3) is 0.381. The van der Waals surface area contributed by atoms with Gasteiger partial charge in [-0.05, 0) is 73.4 Å². The highest BCUT2D eigenvalue weighted by atomic mass is 35.5. The van der Waals surface area contributed by atoms with Crippen molar-refractivity contribution in [2.24, 2.45) is 11.8 Å². The molecule has 1 fully saturated rings. The van der Waals surface area contributed by atoms with Gasteiger partial charge in [0.15, 0.2) is 0 Å². The summed E-state index contributed by atoms with van der Waals surface area (Å²) in [4.78, 5) is 17.0. The lowest BCUT2D eigenvalue weighted by Gasteiger charge is -2.32. The van der Waals surface area contributed by atoms with Gasteiger partial charge in [0, 0.05) is 22.8 Å². The Hall–Kier alpha value is -2.40. The van der Waals surface area contributed by atoms with Gasteiger partial charge in [0.1, 0.15) is 5.52 Å². The number of H-pyrrole nitrogens is 1. The predicted octanol–water partition coefficient (Wildman–Crippen LogP) is 5.16. The van der Waals surface area contributed by atoms with Gasteiger partial charge in [-0.25, -0.2) is 0 Å². The quantitative estimate of drug-likeness (QED) is 0.654. The Kier molecular flexibility index (Phi) is 5.12. The first kappa shape index (κ1) is 18.0. The summed E-state index contributed by atoms with van der Waals surface area (Å²) in [6, 6.07) is 9.35. The molecule has 0 bridgehead atoms. The maximum Gasteiger partial charge on any atom is 0.227 e. The standard InChI is InChI=1S/C21H23ClN4O/c1-13(21(27)25-17-8-6-16(22)7-9-17)14-2-4-15(5-3-14)18-10-11-23-19-12-24-26-20(18)19/h6-15H,2-5H2,1H3,(H,24,26)(H,25,27)/t13-,14-,15-/m1/s1. The van der Waals surface area contributed by atoms with E-state index in [1.54, 1.807) is 18.3 Å². The summed E-state index contributed by atoms with van der Waals surface area (Å²) in [5.74, 6) is 0.984. The number of amides is 1. The molecule has 3 aromatic rings. The third-order valence-corrected chi connectivity index (χ3v) is 6.07. The molecule has 2 heterocycles. The average Bonchev–Trinajstić information content (AvgIpc) is 3.18. The van der Waals surface area contributed by atoms with Gasteiger partial charge < -0.3 is 5.32 Å². The number of aromatic amines is 1. The molecular weight excluding hydrogens is 360 g/mol. The Morgan fingerprint density at radius 3 is 2.67 bits per heavy atom. The lowest BCUT2D eigenvalue weighted by atomic mass is 9.74.